The van der Waals surface area contributed by atoms with Crippen molar-refractivity contribution in [2.45, 2.75) is 30.5 Å². The van der Waals surface area contributed by atoms with Crippen LogP contribution in [0.3, 0.4) is 0 Å². The molecule has 5 heteroatoms. The van der Waals surface area contributed by atoms with Gasteiger partial charge in [-0.15, -0.1) is 6.42 Å². The number of hydrogen-bond acceptors (Lipinski definition) is 5. The van der Waals surface area contributed by atoms with Gasteiger partial charge in [-0.2, -0.15) is 0 Å². The number of aliphatic hydroxyl groups excluding tert-OH is 4. The van der Waals surface area contributed by atoms with Gasteiger partial charge >= 0.3 is 0 Å². The van der Waals surface area contributed by atoms with Crippen LogP contribution in [0.1, 0.15) is 17.2 Å². The minimum absolute atomic E-state index is 0.448. The van der Waals surface area contributed by atoms with Crippen LogP contribution >= 0.6 is 0 Å². The third-order valence-electron chi connectivity index (χ3n) is 3.27. The third-order valence-corrected chi connectivity index (χ3v) is 3.27. The van der Waals surface area contributed by atoms with E-state index < -0.39 is 37.1 Å². The standard InChI is InChI=1S/C14H16O5/c1-2-8-4-3-5-9(6-8)14-13(18)12(17)11(16)10(7-15)19-14/h1,3-6,10-18H,7H2/t10-,11?,12+,13+,14-/m1/s1. The SMILES string of the molecule is C#Cc1cccc([C@H]2O[C@H](CO)C(O)[C@H](O)[C@@H]2O)c1. The number of benzene rings is 1. The van der Waals surface area contributed by atoms with Gasteiger partial charge < -0.3 is 25.2 Å². The molecule has 0 aromatic heterocycles. The first kappa shape index (κ1) is 14.0. The van der Waals surface area contributed by atoms with E-state index in [1.165, 1.54) is 0 Å². The summed E-state index contributed by atoms with van der Waals surface area (Å²) in [4.78, 5) is 0. The van der Waals surface area contributed by atoms with Crippen molar-refractivity contribution in [1.29, 1.82) is 0 Å². The van der Waals surface area contributed by atoms with Gasteiger partial charge in [-0.25, -0.2) is 0 Å². The second kappa shape index (κ2) is 5.70. The lowest BCUT2D eigenvalue weighted by Gasteiger charge is -2.40. The molecule has 0 aliphatic carbocycles. The minimum atomic E-state index is -1.38. The van der Waals surface area contributed by atoms with Gasteiger partial charge in [-0.05, 0) is 17.7 Å². The average Bonchev–Trinajstić information content (AvgIpc) is 2.45. The highest BCUT2D eigenvalue weighted by Gasteiger charge is 2.43. The molecular weight excluding hydrogens is 248 g/mol. The van der Waals surface area contributed by atoms with Gasteiger partial charge in [0.25, 0.3) is 0 Å². The Hall–Kier alpha value is -1.42. The lowest BCUT2D eigenvalue weighted by atomic mass is 9.91. The Morgan fingerprint density at radius 2 is 1.89 bits per heavy atom. The zero-order valence-corrected chi connectivity index (χ0v) is 10.2. The first-order valence-electron chi connectivity index (χ1n) is 5.95. The Bertz CT molecular complexity index is 479. The van der Waals surface area contributed by atoms with Gasteiger partial charge in [0.05, 0.1) is 6.61 Å². The maximum atomic E-state index is 9.97. The van der Waals surface area contributed by atoms with Crippen molar-refractivity contribution in [2.24, 2.45) is 0 Å². The van der Waals surface area contributed by atoms with Gasteiger partial charge in [-0.3, -0.25) is 0 Å². The monoisotopic (exact) mass is 264 g/mol. The van der Waals surface area contributed by atoms with Crippen LogP contribution in [0, 0.1) is 12.3 Å². The molecular formula is C14H16O5. The molecule has 0 bridgehead atoms. The lowest BCUT2D eigenvalue weighted by Crippen LogP contribution is -2.55. The zero-order chi connectivity index (χ0) is 14.0. The molecule has 102 valence electrons. The molecule has 1 aliphatic rings. The van der Waals surface area contributed by atoms with Crippen LogP contribution < -0.4 is 0 Å². The molecule has 1 aromatic carbocycles. The lowest BCUT2D eigenvalue weighted by molar-refractivity contribution is -0.231. The molecule has 1 heterocycles. The quantitative estimate of drug-likeness (QED) is 0.524. The predicted molar refractivity (Wildman–Crippen MR) is 67.1 cm³/mol. The van der Waals surface area contributed by atoms with E-state index in [1.807, 2.05) is 0 Å². The summed E-state index contributed by atoms with van der Waals surface area (Å²) < 4.78 is 5.44. The van der Waals surface area contributed by atoms with E-state index >= 15 is 0 Å². The number of rotatable bonds is 2. The topological polar surface area (TPSA) is 90.2 Å². The number of ether oxygens (including phenoxy) is 1. The van der Waals surface area contributed by atoms with Gasteiger partial charge in [0.1, 0.15) is 30.5 Å². The first-order valence-corrected chi connectivity index (χ1v) is 5.95. The molecule has 1 saturated heterocycles. The molecule has 0 amide bonds. The maximum absolute atomic E-state index is 9.97. The van der Waals surface area contributed by atoms with Crippen LogP contribution in [0.4, 0.5) is 0 Å². The normalized spacial score (nSPS) is 34.8. The summed E-state index contributed by atoms with van der Waals surface area (Å²) >= 11 is 0. The fraction of sp³-hybridized carbons (Fsp3) is 0.429. The largest absolute Gasteiger partial charge is 0.394 e. The maximum Gasteiger partial charge on any atom is 0.113 e. The summed E-state index contributed by atoms with van der Waals surface area (Å²) in [5.41, 5.74) is 1.21. The van der Waals surface area contributed by atoms with E-state index in [0.29, 0.717) is 11.1 Å². The van der Waals surface area contributed by atoms with E-state index in [2.05, 4.69) is 5.92 Å². The molecule has 0 radical (unpaired) electrons. The number of aliphatic hydroxyl groups is 4. The van der Waals surface area contributed by atoms with Crippen LogP contribution in [0.15, 0.2) is 24.3 Å². The molecule has 5 atom stereocenters. The van der Waals surface area contributed by atoms with E-state index in [4.69, 9.17) is 16.3 Å². The predicted octanol–water partition coefficient (Wildman–Crippen LogP) is -0.817. The highest BCUT2D eigenvalue weighted by atomic mass is 16.5. The Labute approximate surface area is 111 Å². The molecule has 1 fully saturated rings. The van der Waals surface area contributed by atoms with Crippen LogP contribution in [0.5, 0.6) is 0 Å². The highest BCUT2D eigenvalue weighted by molar-refractivity contribution is 5.36. The Balaban J connectivity index is 2.30. The van der Waals surface area contributed by atoms with Crippen molar-refractivity contribution < 1.29 is 25.2 Å². The average molecular weight is 264 g/mol. The van der Waals surface area contributed by atoms with E-state index in [-0.39, 0.29) is 0 Å². The zero-order valence-electron chi connectivity index (χ0n) is 10.2. The van der Waals surface area contributed by atoms with E-state index in [1.54, 1.807) is 24.3 Å². The summed E-state index contributed by atoms with van der Waals surface area (Å²) in [6.45, 7) is -0.448. The molecule has 0 saturated carbocycles. The molecule has 5 nitrogen and oxygen atoms in total. The molecule has 1 aliphatic heterocycles. The van der Waals surface area contributed by atoms with Gasteiger partial charge in [0.15, 0.2) is 0 Å². The van der Waals surface area contributed by atoms with Crippen LogP contribution in [-0.4, -0.2) is 51.4 Å². The summed E-state index contributed by atoms with van der Waals surface area (Å²) in [5.74, 6) is 2.47. The van der Waals surface area contributed by atoms with Crippen molar-refractivity contribution in [3.63, 3.8) is 0 Å². The molecule has 1 unspecified atom stereocenters. The van der Waals surface area contributed by atoms with Crippen molar-refractivity contribution in [3.05, 3.63) is 35.4 Å². The van der Waals surface area contributed by atoms with E-state index in [9.17, 15) is 15.3 Å². The summed E-state index contributed by atoms with van der Waals surface area (Å²) in [7, 11) is 0. The smallest absolute Gasteiger partial charge is 0.113 e. The number of hydrogen-bond donors (Lipinski definition) is 4. The van der Waals surface area contributed by atoms with Gasteiger partial charge in [0.2, 0.25) is 0 Å². The van der Waals surface area contributed by atoms with E-state index in [0.717, 1.165) is 0 Å². The minimum Gasteiger partial charge on any atom is -0.394 e. The molecule has 19 heavy (non-hydrogen) atoms. The van der Waals surface area contributed by atoms with Gasteiger partial charge in [0, 0.05) is 5.56 Å². The highest BCUT2D eigenvalue weighted by Crippen LogP contribution is 2.32. The molecule has 4 N–H and O–H groups in total. The number of terminal acetylenes is 1. The second-order valence-corrected chi connectivity index (χ2v) is 4.52. The molecule has 2 rings (SSSR count). The fourth-order valence-corrected chi connectivity index (χ4v) is 2.18. The van der Waals surface area contributed by atoms with Crippen molar-refractivity contribution >= 4 is 0 Å². The second-order valence-electron chi connectivity index (χ2n) is 4.52. The van der Waals surface area contributed by atoms with Crippen LogP contribution in [0.25, 0.3) is 0 Å². The first-order chi connectivity index (χ1) is 9.08. The Kier molecular flexibility index (Phi) is 4.20. The Morgan fingerprint density at radius 1 is 1.16 bits per heavy atom. The van der Waals surface area contributed by atoms with Crippen LogP contribution in [-0.2, 0) is 4.74 Å². The van der Waals surface area contributed by atoms with Crippen molar-refractivity contribution in [1.82, 2.24) is 0 Å². The third kappa shape index (κ3) is 2.63. The molecule has 1 aromatic rings. The molecule has 0 spiro atoms. The summed E-state index contributed by atoms with van der Waals surface area (Å²) in [6.07, 6.45) is -0.484. The van der Waals surface area contributed by atoms with Crippen molar-refractivity contribution in [3.8, 4) is 12.3 Å². The fourth-order valence-electron chi connectivity index (χ4n) is 2.18. The summed E-state index contributed by atoms with van der Waals surface area (Å²) in [5, 5.41) is 38.5. The summed E-state index contributed by atoms with van der Waals surface area (Å²) in [6, 6.07) is 6.81. The van der Waals surface area contributed by atoms with Crippen molar-refractivity contribution in [2.75, 3.05) is 6.61 Å². The Morgan fingerprint density at radius 3 is 2.53 bits per heavy atom. The van der Waals surface area contributed by atoms with Gasteiger partial charge in [-0.1, -0.05) is 18.1 Å². The van der Waals surface area contributed by atoms with Crippen LogP contribution in [0.2, 0.25) is 0 Å².